The zero-order valence-corrected chi connectivity index (χ0v) is 13.9. The number of carbonyl (C=O) groups is 1. The van der Waals surface area contributed by atoms with Gasteiger partial charge in [-0.3, -0.25) is 0 Å². The van der Waals surface area contributed by atoms with Crippen LogP contribution in [-0.2, 0) is 6.54 Å². The van der Waals surface area contributed by atoms with Crippen LogP contribution >= 0.6 is 0 Å². The van der Waals surface area contributed by atoms with Crippen LogP contribution in [0.2, 0.25) is 0 Å². The summed E-state index contributed by atoms with van der Waals surface area (Å²) in [6.07, 6.45) is 11.6. The van der Waals surface area contributed by atoms with Crippen molar-refractivity contribution >= 4 is 11.8 Å². The maximum absolute atomic E-state index is 12.1. The van der Waals surface area contributed by atoms with Crippen LogP contribution in [0.25, 0.3) is 0 Å². The molecule has 1 aliphatic carbocycles. The molecular weight excluding hydrogens is 288 g/mol. The molecule has 5 nitrogen and oxygen atoms in total. The lowest BCUT2D eigenvalue weighted by molar-refractivity contribution is 0.235. The lowest BCUT2D eigenvalue weighted by Crippen LogP contribution is -2.41. The quantitative estimate of drug-likeness (QED) is 0.839. The molecule has 0 bridgehead atoms. The van der Waals surface area contributed by atoms with Crippen LogP contribution in [0.3, 0.4) is 0 Å². The summed E-state index contributed by atoms with van der Waals surface area (Å²) in [6.45, 7) is 2.74. The van der Waals surface area contributed by atoms with E-state index in [9.17, 15) is 4.79 Å². The molecule has 0 aromatic carbocycles. The Kier molecular flexibility index (Phi) is 5.72. The van der Waals surface area contributed by atoms with Gasteiger partial charge in [0, 0.05) is 31.9 Å². The summed E-state index contributed by atoms with van der Waals surface area (Å²) in [5.41, 5.74) is 1.11. The minimum absolute atomic E-state index is 0.0450. The molecule has 0 unspecified atom stereocenters. The van der Waals surface area contributed by atoms with Crippen LogP contribution in [0.5, 0.6) is 0 Å². The molecule has 1 aromatic rings. The van der Waals surface area contributed by atoms with Crippen molar-refractivity contribution in [2.45, 2.75) is 64.0 Å². The van der Waals surface area contributed by atoms with Crippen LogP contribution in [0.4, 0.5) is 10.6 Å². The Balaban J connectivity index is 1.47. The molecule has 2 heterocycles. The van der Waals surface area contributed by atoms with Crippen molar-refractivity contribution < 1.29 is 4.79 Å². The third-order valence-electron chi connectivity index (χ3n) is 4.88. The van der Waals surface area contributed by atoms with Gasteiger partial charge in [0.05, 0.1) is 0 Å². The number of urea groups is 1. The van der Waals surface area contributed by atoms with Gasteiger partial charge in [-0.15, -0.1) is 0 Å². The molecule has 3 rings (SSSR count). The zero-order valence-electron chi connectivity index (χ0n) is 13.9. The molecule has 2 fully saturated rings. The number of nitrogens with zero attached hydrogens (tertiary/aromatic N) is 2. The molecule has 2 amide bonds. The highest BCUT2D eigenvalue weighted by atomic mass is 16.2. The van der Waals surface area contributed by atoms with Crippen molar-refractivity contribution in [3.05, 3.63) is 23.9 Å². The van der Waals surface area contributed by atoms with E-state index < -0.39 is 0 Å². The number of aromatic nitrogens is 1. The first-order valence-corrected chi connectivity index (χ1v) is 9.05. The van der Waals surface area contributed by atoms with Gasteiger partial charge in [-0.2, -0.15) is 0 Å². The third kappa shape index (κ3) is 4.85. The molecule has 1 aromatic heterocycles. The average molecular weight is 316 g/mol. The van der Waals surface area contributed by atoms with Gasteiger partial charge in [0.15, 0.2) is 0 Å². The fourth-order valence-electron chi connectivity index (χ4n) is 3.53. The number of hydrogen-bond acceptors (Lipinski definition) is 3. The van der Waals surface area contributed by atoms with Crippen LogP contribution in [0.1, 0.15) is 56.9 Å². The van der Waals surface area contributed by atoms with Gasteiger partial charge in [-0.05, 0) is 43.4 Å². The van der Waals surface area contributed by atoms with Crippen molar-refractivity contribution in [1.29, 1.82) is 0 Å². The molecule has 1 saturated heterocycles. The number of nitrogens with one attached hydrogen (secondary N) is 2. The summed E-state index contributed by atoms with van der Waals surface area (Å²) in [6, 6.07) is 4.37. The molecule has 23 heavy (non-hydrogen) atoms. The Morgan fingerprint density at radius 3 is 2.61 bits per heavy atom. The zero-order chi connectivity index (χ0) is 15.9. The number of anilines is 1. The number of hydrogen-bond donors (Lipinski definition) is 2. The maximum Gasteiger partial charge on any atom is 0.315 e. The highest BCUT2D eigenvalue weighted by Crippen LogP contribution is 2.19. The largest absolute Gasteiger partial charge is 0.357 e. The van der Waals surface area contributed by atoms with Gasteiger partial charge in [-0.1, -0.05) is 25.7 Å². The van der Waals surface area contributed by atoms with E-state index in [2.05, 4.69) is 26.6 Å². The lowest BCUT2D eigenvalue weighted by Gasteiger charge is -2.18. The van der Waals surface area contributed by atoms with E-state index in [1.54, 1.807) is 0 Å². The molecule has 1 saturated carbocycles. The second-order valence-corrected chi connectivity index (χ2v) is 6.73. The smallest absolute Gasteiger partial charge is 0.315 e. The standard InChI is InChI=1S/C18H28N4O/c23-18(21-16-7-3-1-2-4-8-16)20-14-15-9-10-19-17(13-15)22-11-5-6-12-22/h9-10,13,16H,1-8,11-12,14H2,(H2,20,21,23). The van der Waals surface area contributed by atoms with Crippen LogP contribution in [-0.4, -0.2) is 30.1 Å². The van der Waals surface area contributed by atoms with Gasteiger partial charge >= 0.3 is 6.03 Å². The summed E-state index contributed by atoms with van der Waals surface area (Å²) >= 11 is 0. The Morgan fingerprint density at radius 2 is 1.87 bits per heavy atom. The summed E-state index contributed by atoms with van der Waals surface area (Å²) < 4.78 is 0. The summed E-state index contributed by atoms with van der Waals surface area (Å²) in [5.74, 6) is 1.03. The van der Waals surface area contributed by atoms with E-state index in [4.69, 9.17) is 0 Å². The highest BCUT2D eigenvalue weighted by Gasteiger charge is 2.15. The predicted molar refractivity (Wildman–Crippen MR) is 92.5 cm³/mol. The van der Waals surface area contributed by atoms with Crippen molar-refractivity contribution in [3.8, 4) is 0 Å². The van der Waals surface area contributed by atoms with Crippen molar-refractivity contribution in [2.75, 3.05) is 18.0 Å². The van der Waals surface area contributed by atoms with E-state index >= 15 is 0 Å². The third-order valence-corrected chi connectivity index (χ3v) is 4.88. The van der Waals surface area contributed by atoms with Crippen LogP contribution in [0, 0.1) is 0 Å². The van der Waals surface area contributed by atoms with Crippen molar-refractivity contribution in [2.24, 2.45) is 0 Å². The van der Waals surface area contributed by atoms with E-state index in [1.165, 1.54) is 38.5 Å². The monoisotopic (exact) mass is 316 g/mol. The molecule has 2 N–H and O–H groups in total. The first-order valence-electron chi connectivity index (χ1n) is 9.05. The highest BCUT2D eigenvalue weighted by molar-refractivity contribution is 5.74. The van der Waals surface area contributed by atoms with Gasteiger partial charge in [0.25, 0.3) is 0 Å². The average Bonchev–Trinajstić information content (AvgIpc) is 2.99. The number of pyridine rings is 1. The van der Waals surface area contributed by atoms with E-state index in [0.717, 1.165) is 37.3 Å². The molecule has 2 aliphatic rings. The Hall–Kier alpha value is -1.78. The Bertz CT molecular complexity index is 505. The Labute approximate surface area is 138 Å². The normalized spacial score (nSPS) is 19.4. The minimum atomic E-state index is -0.0450. The molecule has 1 aliphatic heterocycles. The summed E-state index contributed by atoms with van der Waals surface area (Å²) in [5, 5.41) is 6.11. The van der Waals surface area contributed by atoms with Crippen LogP contribution in [0.15, 0.2) is 18.3 Å². The summed E-state index contributed by atoms with van der Waals surface area (Å²) in [4.78, 5) is 18.9. The molecule has 0 spiro atoms. The molecule has 0 atom stereocenters. The number of rotatable bonds is 4. The topological polar surface area (TPSA) is 57.3 Å². The second kappa shape index (κ2) is 8.18. The van der Waals surface area contributed by atoms with Crippen molar-refractivity contribution in [1.82, 2.24) is 15.6 Å². The van der Waals surface area contributed by atoms with E-state index in [-0.39, 0.29) is 6.03 Å². The second-order valence-electron chi connectivity index (χ2n) is 6.73. The van der Waals surface area contributed by atoms with Gasteiger partial charge in [0.2, 0.25) is 0 Å². The summed E-state index contributed by atoms with van der Waals surface area (Å²) in [7, 11) is 0. The molecule has 0 radical (unpaired) electrons. The van der Waals surface area contributed by atoms with Crippen molar-refractivity contribution in [3.63, 3.8) is 0 Å². The molecule has 5 heteroatoms. The van der Waals surface area contributed by atoms with E-state index in [1.807, 2.05) is 12.3 Å². The Morgan fingerprint density at radius 1 is 1.13 bits per heavy atom. The lowest BCUT2D eigenvalue weighted by atomic mass is 10.1. The minimum Gasteiger partial charge on any atom is -0.357 e. The van der Waals surface area contributed by atoms with Gasteiger partial charge in [-0.25, -0.2) is 9.78 Å². The maximum atomic E-state index is 12.1. The molecular formula is C18H28N4O. The first kappa shape index (κ1) is 16.1. The van der Waals surface area contributed by atoms with E-state index in [0.29, 0.717) is 12.6 Å². The first-order chi connectivity index (χ1) is 11.3. The van der Waals surface area contributed by atoms with Gasteiger partial charge < -0.3 is 15.5 Å². The fourth-order valence-corrected chi connectivity index (χ4v) is 3.53. The van der Waals surface area contributed by atoms with Gasteiger partial charge in [0.1, 0.15) is 5.82 Å². The molecule has 126 valence electrons. The SMILES string of the molecule is O=C(NCc1ccnc(N2CCCC2)c1)NC1CCCCCC1. The van der Waals surface area contributed by atoms with Crippen LogP contribution < -0.4 is 15.5 Å². The predicted octanol–water partition coefficient (Wildman–Crippen LogP) is 3.20. The number of amides is 2. The number of carbonyl (C=O) groups excluding carboxylic acids is 1. The fraction of sp³-hybridized carbons (Fsp3) is 0.667.